The van der Waals surface area contributed by atoms with E-state index in [0.29, 0.717) is 10.7 Å². The van der Waals surface area contributed by atoms with Crippen LogP contribution in [-0.4, -0.2) is 16.9 Å². The first-order valence-corrected chi connectivity index (χ1v) is 8.16. The van der Waals surface area contributed by atoms with E-state index in [0.717, 1.165) is 16.0 Å². The lowest BCUT2D eigenvalue weighted by Gasteiger charge is -2.16. The van der Waals surface area contributed by atoms with Crippen molar-refractivity contribution in [1.82, 2.24) is 0 Å². The first-order valence-electron chi connectivity index (χ1n) is 7.41. The number of rotatable bonds is 3. The standard InChI is InChI=1S/C18H14Cl2N2O3/c1-9-3-6-14(23)13(7-9)21-16-15(20)17(24)22(18(16)25)11-5-4-10(2)12(19)8-11/h3-8,21,23H,1-2H3. The van der Waals surface area contributed by atoms with Crippen molar-refractivity contribution in [1.29, 1.82) is 0 Å². The van der Waals surface area contributed by atoms with Gasteiger partial charge in [-0.15, -0.1) is 0 Å². The van der Waals surface area contributed by atoms with E-state index in [1.54, 1.807) is 24.3 Å². The van der Waals surface area contributed by atoms with E-state index in [9.17, 15) is 14.7 Å². The predicted octanol–water partition coefficient (Wildman–Crippen LogP) is 4.10. The Morgan fingerprint density at radius 3 is 2.40 bits per heavy atom. The van der Waals surface area contributed by atoms with Crippen LogP contribution in [0.1, 0.15) is 11.1 Å². The Labute approximate surface area is 154 Å². The maximum Gasteiger partial charge on any atom is 0.283 e. The van der Waals surface area contributed by atoms with Gasteiger partial charge in [-0.25, -0.2) is 4.90 Å². The Balaban J connectivity index is 1.96. The molecule has 1 aliphatic heterocycles. The predicted molar refractivity (Wildman–Crippen MR) is 98.0 cm³/mol. The zero-order valence-corrected chi connectivity index (χ0v) is 14.9. The fourth-order valence-electron chi connectivity index (χ4n) is 2.45. The molecule has 0 aromatic heterocycles. The highest BCUT2D eigenvalue weighted by atomic mass is 35.5. The number of anilines is 2. The number of phenolic OH excluding ortho intramolecular Hbond substituents is 1. The van der Waals surface area contributed by atoms with Gasteiger partial charge in [0.05, 0.1) is 11.4 Å². The second-order valence-corrected chi connectivity index (χ2v) is 6.50. The molecular weight excluding hydrogens is 363 g/mol. The maximum absolute atomic E-state index is 12.7. The van der Waals surface area contributed by atoms with Gasteiger partial charge in [0.25, 0.3) is 11.8 Å². The van der Waals surface area contributed by atoms with Crippen LogP contribution in [0.2, 0.25) is 5.02 Å². The third kappa shape index (κ3) is 3.08. The van der Waals surface area contributed by atoms with E-state index in [2.05, 4.69) is 5.32 Å². The van der Waals surface area contributed by atoms with Crippen molar-refractivity contribution in [2.24, 2.45) is 0 Å². The van der Waals surface area contributed by atoms with Crippen molar-refractivity contribution in [3.63, 3.8) is 0 Å². The van der Waals surface area contributed by atoms with Gasteiger partial charge in [-0.2, -0.15) is 0 Å². The molecule has 5 nitrogen and oxygen atoms in total. The number of amides is 2. The molecule has 0 unspecified atom stereocenters. The topological polar surface area (TPSA) is 69.6 Å². The van der Waals surface area contributed by atoms with E-state index in [4.69, 9.17) is 23.2 Å². The highest BCUT2D eigenvalue weighted by molar-refractivity contribution is 6.53. The van der Waals surface area contributed by atoms with Crippen LogP contribution in [0.3, 0.4) is 0 Å². The van der Waals surface area contributed by atoms with Crippen LogP contribution in [-0.2, 0) is 9.59 Å². The van der Waals surface area contributed by atoms with Gasteiger partial charge in [-0.1, -0.05) is 35.3 Å². The summed E-state index contributed by atoms with van der Waals surface area (Å²) in [6.45, 7) is 3.65. The second kappa shape index (κ2) is 6.43. The number of aromatic hydroxyl groups is 1. The quantitative estimate of drug-likeness (QED) is 0.624. The molecule has 128 valence electrons. The number of carbonyl (C=O) groups is 2. The SMILES string of the molecule is Cc1ccc(O)c(NC2=C(Cl)C(=O)N(c3ccc(C)c(Cl)c3)C2=O)c1. The summed E-state index contributed by atoms with van der Waals surface area (Å²) < 4.78 is 0. The monoisotopic (exact) mass is 376 g/mol. The molecule has 0 atom stereocenters. The Bertz CT molecular complexity index is 938. The smallest absolute Gasteiger partial charge is 0.283 e. The fourth-order valence-corrected chi connectivity index (χ4v) is 2.84. The van der Waals surface area contributed by atoms with E-state index >= 15 is 0 Å². The van der Waals surface area contributed by atoms with Crippen molar-refractivity contribution in [2.45, 2.75) is 13.8 Å². The molecule has 0 radical (unpaired) electrons. The number of aryl methyl sites for hydroxylation is 2. The molecule has 2 N–H and O–H groups in total. The van der Waals surface area contributed by atoms with Gasteiger partial charge in [0.2, 0.25) is 0 Å². The second-order valence-electron chi connectivity index (χ2n) is 5.71. The molecule has 0 spiro atoms. The molecule has 0 bridgehead atoms. The van der Waals surface area contributed by atoms with Crippen LogP contribution < -0.4 is 10.2 Å². The lowest BCUT2D eigenvalue weighted by Crippen LogP contribution is -2.32. The van der Waals surface area contributed by atoms with Crippen LogP contribution in [0.4, 0.5) is 11.4 Å². The van der Waals surface area contributed by atoms with E-state index in [-0.39, 0.29) is 22.2 Å². The third-order valence-electron chi connectivity index (χ3n) is 3.85. The summed E-state index contributed by atoms with van der Waals surface area (Å²) in [6, 6.07) is 9.72. The lowest BCUT2D eigenvalue weighted by molar-refractivity contribution is -0.120. The number of carbonyl (C=O) groups excluding carboxylic acids is 2. The number of imide groups is 1. The molecule has 1 heterocycles. The molecule has 2 aromatic carbocycles. The molecule has 0 saturated carbocycles. The molecule has 2 amide bonds. The summed E-state index contributed by atoms with van der Waals surface area (Å²) in [4.78, 5) is 26.1. The van der Waals surface area contributed by atoms with Crippen LogP contribution in [0.25, 0.3) is 0 Å². The van der Waals surface area contributed by atoms with E-state index in [1.807, 2.05) is 13.8 Å². The number of benzene rings is 2. The van der Waals surface area contributed by atoms with Crippen molar-refractivity contribution < 1.29 is 14.7 Å². The van der Waals surface area contributed by atoms with Gasteiger partial charge in [0, 0.05) is 5.02 Å². The Kier molecular flexibility index (Phi) is 4.45. The highest BCUT2D eigenvalue weighted by Gasteiger charge is 2.39. The third-order valence-corrected chi connectivity index (χ3v) is 4.61. The van der Waals surface area contributed by atoms with Gasteiger partial charge < -0.3 is 10.4 Å². The fraction of sp³-hybridized carbons (Fsp3) is 0.111. The number of hydrogen-bond acceptors (Lipinski definition) is 4. The Morgan fingerprint density at radius 2 is 1.72 bits per heavy atom. The van der Waals surface area contributed by atoms with Gasteiger partial charge in [0.15, 0.2) is 0 Å². The largest absolute Gasteiger partial charge is 0.506 e. The van der Waals surface area contributed by atoms with Gasteiger partial charge >= 0.3 is 0 Å². The number of phenols is 1. The van der Waals surface area contributed by atoms with Crippen molar-refractivity contribution in [2.75, 3.05) is 10.2 Å². The highest BCUT2D eigenvalue weighted by Crippen LogP contribution is 2.34. The summed E-state index contributed by atoms with van der Waals surface area (Å²) in [5, 5.41) is 12.9. The summed E-state index contributed by atoms with van der Waals surface area (Å²) in [7, 11) is 0. The molecule has 3 rings (SSSR count). The molecule has 0 fully saturated rings. The molecule has 7 heteroatoms. The molecule has 25 heavy (non-hydrogen) atoms. The van der Waals surface area contributed by atoms with Crippen LogP contribution in [0, 0.1) is 13.8 Å². The van der Waals surface area contributed by atoms with Gasteiger partial charge in [-0.3, -0.25) is 9.59 Å². The Hall–Kier alpha value is -2.50. The zero-order chi connectivity index (χ0) is 18.3. The normalized spacial score (nSPS) is 14.5. The average molecular weight is 377 g/mol. The number of nitrogens with zero attached hydrogens (tertiary/aromatic N) is 1. The van der Waals surface area contributed by atoms with Crippen molar-refractivity contribution in [3.05, 3.63) is 63.3 Å². The van der Waals surface area contributed by atoms with Crippen LogP contribution in [0.5, 0.6) is 5.75 Å². The van der Waals surface area contributed by atoms with Crippen molar-refractivity contribution in [3.8, 4) is 5.75 Å². The van der Waals surface area contributed by atoms with Gasteiger partial charge in [-0.05, 0) is 49.2 Å². The van der Waals surface area contributed by atoms with Gasteiger partial charge in [0.1, 0.15) is 16.5 Å². The first kappa shape index (κ1) is 17.3. The van der Waals surface area contributed by atoms with E-state index in [1.165, 1.54) is 12.1 Å². The molecule has 2 aromatic rings. The molecular formula is C18H14Cl2N2O3. The molecule has 0 aliphatic carbocycles. The number of halogens is 2. The lowest BCUT2D eigenvalue weighted by atomic mass is 10.2. The summed E-state index contributed by atoms with van der Waals surface area (Å²) in [6.07, 6.45) is 0. The Morgan fingerprint density at radius 1 is 1.00 bits per heavy atom. The van der Waals surface area contributed by atoms with E-state index < -0.39 is 11.8 Å². The first-order chi connectivity index (χ1) is 11.8. The molecule has 0 saturated heterocycles. The van der Waals surface area contributed by atoms with Crippen LogP contribution >= 0.6 is 23.2 Å². The van der Waals surface area contributed by atoms with Crippen molar-refractivity contribution >= 4 is 46.4 Å². The minimum absolute atomic E-state index is 0.0559. The summed E-state index contributed by atoms with van der Waals surface area (Å²) >= 11 is 12.2. The number of hydrogen-bond donors (Lipinski definition) is 2. The minimum atomic E-state index is -0.652. The average Bonchev–Trinajstić information content (AvgIpc) is 2.77. The summed E-state index contributed by atoms with van der Waals surface area (Å²) in [5.74, 6) is -1.32. The van der Waals surface area contributed by atoms with Crippen LogP contribution in [0.15, 0.2) is 47.1 Å². The summed E-state index contributed by atoms with van der Waals surface area (Å²) in [5.41, 5.74) is 2.22. The maximum atomic E-state index is 12.7. The molecule has 1 aliphatic rings. The zero-order valence-electron chi connectivity index (χ0n) is 13.4. The number of nitrogens with one attached hydrogen (secondary N) is 1. The minimum Gasteiger partial charge on any atom is -0.506 e.